The molecule has 1 heterocycles. The van der Waals surface area contributed by atoms with Crippen LogP contribution in [0, 0.1) is 0 Å². The third-order valence-corrected chi connectivity index (χ3v) is 9.14. The summed E-state index contributed by atoms with van der Waals surface area (Å²) in [5, 5.41) is 15.3. The van der Waals surface area contributed by atoms with Crippen LogP contribution in [0.2, 0.25) is 0 Å². The molecule has 1 aromatic heterocycles. The number of carbonyl (C=O) groups is 4. The number of fused-ring (bicyclic) bond motifs is 1. The Morgan fingerprint density at radius 2 is 1.73 bits per heavy atom. The fourth-order valence-corrected chi connectivity index (χ4v) is 6.94. The van der Waals surface area contributed by atoms with Crippen molar-refractivity contribution in [1.29, 1.82) is 0 Å². The minimum atomic E-state index is -1.18. The van der Waals surface area contributed by atoms with Crippen LogP contribution in [-0.2, 0) is 22.4 Å². The Morgan fingerprint density at radius 1 is 0.975 bits per heavy atom. The standard InChI is InChI=1S/C30H32N2O6S2/c1-3-23(27(34)32-28-25(30(37)38-4-2)22-15-6-5-7-16-24(22)40-28)39-19-12-10-11-18(17-19)31-26(33)20-13-8-9-14-21(20)29(35)36/h8-14,17,23H,3-7,15-16H2,1-2H3,(H,31,33)(H,32,34)(H,35,36). The average molecular weight is 581 g/mol. The normalized spacial score (nSPS) is 13.4. The summed E-state index contributed by atoms with van der Waals surface area (Å²) in [7, 11) is 0. The number of carbonyl (C=O) groups excluding carboxylic acids is 3. The van der Waals surface area contributed by atoms with Crippen LogP contribution >= 0.6 is 23.1 Å². The minimum absolute atomic E-state index is 0.0608. The molecular weight excluding hydrogens is 548 g/mol. The molecule has 10 heteroatoms. The van der Waals surface area contributed by atoms with E-state index in [9.17, 15) is 24.3 Å². The van der Waals surface area contributed by atoms with Crippen molar-refractivity contribution in [3.8, 4) is 0 Å². The Labute approximate surface area is 241 Å². The van der Waals surface area contributed by atoms with Crippen molar-refractivity contribution >= 4 is 57.5 Å². The number of benzene rings is 2. The van der Waals surface area contributed by atoms with Crippen molar-refractivity contribution in [3.63, 3.8) is 0 Å². The van der Waals surface area contributed by atoms with Gasteiger partial charge >= 0.3 is 11.9 Å². The number of hydrogen-bond acceptors (Lipinski definition) is 7. The molecule has 3 aromatic rings. The number of thioether (sulfide) groups is 1. The monoisotopic (exact) mass is 580 g/mol. The Hall–Kier alpha value is -3.63. The largest absolute Gasteiger partial charge is 0.478 e. The van der Waals surface area contributed by atoms with E-state index in [2.05, 4.69) is 10.6 Å². The lowest BCUT2D eigenvalue weighted by Gasteiger charge is -2.16. The minimum Gasteiger partial charge on any atom is -0.478 e. The van der Waals surface area contributed by atoms with Crippen molar-refractivity contribution in [2.24, 2.45) is 0 Å². The number of esters is 1. The second-order valence-corrected chi connectivity index (χ2v) is 11.7. The molecule has 8 nitrogen and oxygen atoms in total. The van der Waals surface area contributed by atoms with Crippen LogP contribution in [0.1, 0.15) is 81.0 Å². The Kier molecular flexibility index (Phi) is 10.0. The molecule has 0 saturated carbocycles. The highest BCUT2D eigenvalue weighted by molar-refractivity contribution is 8.00. The zero-order valence-electron chi connectivity index (χ0n) is 22.5. The third kappa shape index (κ3) is 6.92. The Balaban J connectivity index is 1.49. The highest BCUT2D eigenvalue weighted by Gasteiger charge is 2.28. The molecule has 2 aromatic carbocycles. The molecule has 40 heavy (non-hydrogen) atoms. The van der Waals surface area contributed by atoms with E-state index in [0.29, 0.717) is 22.7 Å². The van der Waals surface area contributed by atoms with Crippen LogP contribution in [0.5, 0.6) is 0 Å². The molecule has 210 valence electrons. The number of aryl methyl sites for hydroxylation is 1. The van der Waals surface area contributed by atoms with Crippen LogP contribution < -0.4 is 10.6 Å². The zero-order chi connectivity index (χ0) is 28.6. The molecule has 0 radical (unpaired) electrons. The molecule has 1 unspecified atom stereocenters. The maximum Gasteiger partial charge on any atom is 0.341 e. The number of hydrogen-bond donors (Lipinski definition) is 3. The van der Waals surface area contributed by atoms with Gasteiger partial charge in [-0.1, -0.05) is 31.5 Å². The van der Waals surface area contributed by atoms with Crippen LogP contribution in [-0.4, -0.2) is 40.7 Å². The summed E-state index contributed by atoms with van der Waals surface area (Å²) in [4.78, 5) is 52.5. The molecule has 1 aliphatic rings. The summed E-state index contributed by atoms with van der Waals surface area (Å²) in [5.74, 6) is -2.32. The van der Waals surface area contributed by atoms with E-state index in [1.54, 1.807) is 37.3 Å². The first kappa shape index (κ1) is 29.4. The lowest BCUT2D eigenvalue weighted by molar-refractivity contribution is -0.115. The van der Waals surface area contributed by atoms with Crippen molar-refractivity contribution in [2.75, 3.05) is 17.2 Å². The van der Waals surface area contributed by atoms with E-state index < -0.39 is 23.1 Å². The molecule has 0 aliphatic heterocycles. The molecule has 1 atom stereocenters. The topological polar surface area (TPSA) is 122 Å². The van der Waals surface area contributed by atoms with E-state index >= 15 is 0 Å². The molecule has 2 amide bonds. The fourth-order valence-electron chi connectivity index (χ4n) is 4.64. The molecule has 4 rings (SSSR count). The molecule has 1 aliphatic carbocycles. The van der Waals surface area contributed by atoms with Crippen LogP contribution in [0.25, 0.3) is 0 Å². The predicted octanol–water partition coefficient (Wildman–Crippen LogP) is 6.65. The summed E-state index contributed by atoms with van der Waals surface area (Å²) < 4.78 is 5.34. The lowest BCUT2D eigenvalue weighted by Crippen LogP contribution is -2.25. The quantitative estimate of drug-likeness (QED) is 0.139. The zero-order valence-corrected chi connectivity index (χ0v) is 24.1. The fraction of sp³-hybridized carbons (Fsp3) is 0.333. The van der Waals surface area contributed by atoms with Gasteiger partial charge in [0.2, 0.25) is 5.91 Å². The Bertz CT molecular complexity index is 1420. The van der Waals surface area contributed by atoms with Crippen molar-refractivity contribution < 1.29 is 29.0 Å². The molecule has 0 spiro atoms. The predicted molar refractivity (Wildman–Crippen MR) is 158 cm³/mol. The highest BCUT2D eigenvalue weighted by Crippen LogP contribution is 2.39. The van der Waals surface area contributed by atoms with E-state index in [0.717, 1.165) is 47.4 Å². The van der Waals surface area contributed by atoms with Gasteiger partial charge in [-0.3, -0.25) is 9.59 Å². The van der Waals surface area contributed by atoms with Gasteiger partial charge in [0.15, 0.2) is 0 Å². The molecule has 0 bridgehead atoms. The van der Waals surface area contributed by atoms with E-state index in [1.807, 2.05) is 13.0 Å². The van der Waals surface area contributed by atoms with E-state index in [4.69, 9.17) is 4.74 Å². The van der Waals surface area contributed by atoms with Gasteiger partial charge in [-0.25, -0.2) is 9.59 Å². The smallest absolute Gasteiger partial charge is 0.341 e. The molecule has 3 N–H and O–H groups in total. The summed E-state index contributed by atoms with van der Waals surface area (Å²) >= 11 is 2.83. The SMILES string of the molecule is CCOC(=O)c1c(NC(=O)C(CC)Sc2cccc(NC(=O)c3ccccc3C(=O)O)c2)sc2c1CCCCC2. The number of amides is 2. The van der Waals surface area contributed by atoms with Crippen molar-refractivity contribution in [1.82, 2.24) is 0 Å². The van der Waals surface area contributed by atoms with Crippen LogP contribution in [0.4, 0.5) is 10.7 Å². The highest BCUT2D eigenvalue weighted by atomic mass is 32.2. The number of carboxylic acid groups (broad SMARTS) is 1. The number of ether oxygens (including phenoxy) is 1. The van der Waals surface area contributed by atoms with E-state index in [-0.39, 0.29) is 23.6 Å². The summed E-state index contributed by atoms with van der Waals surface area (Å²) in [6.07, 6.45) is 5.42. The molecule has 0 saturated heterocycles. The first-order valence-corrected chi connectivity index (χ1v) is 15.0. The van der Waals surface area contributed by atoms with Gasteiger partial charge < -0.3 is 20.5 Å². The van der Waals surface area contributed by atoms with Gasteiger partial charge in [0.25, 0.3) is 5.91 Å². The van der Waals surface area contributed by atoms with Gasteiger partial charge in [0.1, 0.15) is 5.00 Å². The maximum atomic E-state index is 13.4. The number of aromatic carboxylic acids is 1. The number of carboxylic acids is 1. The second-order valence-electron chi connectivity index (χ2n) is 9.33. The molecular formula is C30H32N2O6S2. The first-order chi connectivity index (χ1) is 19.3. The summed E-state index contributed by atoms with van der Waals surface area (Å²) in [6, 6.07) is 13.1. The number of rotatable bonds is 10. The summed E-state index contributed by atoms with van der Waals surface area (Å²) in [5.41, 5.74) is 1.96. The van der Waals surface area contributed by atoms with Crippen molar-refractivity contribution in [3.05, 3.63) is 75.7 Å². The van der Waals surface area contributed by atoms with E-state index in [1.165, 1.54) is 35.2 Å². The lowest BCUT2D eigenvalue weighted by atomic mass is 10.1. The average Bonchev–Trinajstić information content (AvgIpc) is 3.11. The maximum absolute atomic E-state index is 13.4. The first-order valence-electron chi connectivity index (χ1n) is 13.3. The van der Waals surface area contributed by atoms with Gasteiger partial charge in [-0.05, 0) is 74.9 Å². The van der Waals surface area contributed by atoms with Gasteiger partial charge in [-0.2, -0.15) is 0 Å². The van der Waals surface area contributed by atoms with Crippen LogP contribution in [0.3, 0.4) is 0 Å². The van der Waals surface area contributed by atoms with Crippen molar-refractivity contribution in [2.45, 2.75) is 62.5 Å². The molecule has 0 fully saturated rings. The summed E-state index contributed by atoms with van der Waals surface area (Å²) in [6.45, 7) is 3.95. The third-order valence-electron chi connectivity index (χ3n) is 6.57. The van der Waals surface area contributed by atoms with Gasteiger partial charge in [-0.15, -0.1) is 23.1 Å². The number of thiophene rings is 1. The van der Waals surface area contributed by atoms with Crippen LogP contribution in [0.15, 0.2) is 53.4 Å². The number of nitrogens with one attached hydrogen (secondary N) is 2. The number of anilines is 2. The second kappa shape index (κ2) is 13.6. The van der Waals surface area contributed by atoms with Gasteiger partial charge in [0, 0.05) is 15.5 Å². The van der Waals surface area contributed by atoms with Gasteiger partial charge in [0.05, 0.1) is 28.5 Å². The Morgan fingerprint density at radius 3 is 2.45 bits per heavy atom.